The Bertz CT molecular complexity index is 516. The normalized spacial score (nSPS) is 14.8. The largest absolute Gasteiger partial charge is 0.489 e. The molecule has 7 nitrogen and oxygen atoms in total. The summed E-state index contributed by atoms with van der Waals surface area (Å²) in [4.78, 5) is 42.6. The third kappa shape index (κ3) is 3.53. The first-order chi connectivity index (χ1) is 9.58. The van der Waals surface area contributed by atoms with Crippen molar-refractivity contribution in [2.45, 2.75) is 19.8 Å². The molecule has 1 saturated heterocycles. The molecule has 0 spiro atoms. The van der Waals surface area contributed by atoms with Gasteiger partial charge in [-0.05, 0) is 0 Å². The smallest absolute Gasteiger partial charge is 0.239 e. The molecule has 0 aromatic carbocycles. The molecule has 0 unspecified atom stereocenters. The van der Waals surface area contributed by atoms with E-state index in [-0.39, 0.29) is 35.7 Å². The summed E-state index contributed by atoms with van der Waals surface area (Å²) in [6.07, 6.45) is 3.20. The number of thioether (sulfide) groups is 1. The van der Waals surface area contributed by atoms with Gasteiger partial charge in [-0.3, -0.25) is 14.4 Å². The first-order valence-corrected chi connectivity index (χ1v) is 7.00. The van der Waals surface area contributed by atoms with Crippen molar-refractivity contribution >= 4 is 34.6 Å². The molecule has 1 aliphatic heterocycles. The highest BCUT2D eigenvalue weighted by molar-refractivity contribution is 8.13. The van der Waals surface area contributed by atoms with E-state index < -0.39 is 0 Å². The lowest BCUT2D eigenvalue weighted by atomic mass is 10.4. The first kappa shape index (κ1) is 14.4. The summed E-state index contributed by atoms with van der Waals surface area (Å²) in [5.41, 5.74) is 0. The highest BCUT2D eigenvalue weighted by Crippen LogP contribution is 2.19. The van der Waals surface area contributed by atoms with Crippen LogP contribution >= 0.6 is 11.8 Å². The third-order valence-corrected chi connectivity index (χ3v) is 3.30. The van der Waals surface area contributed by atoms with Crippen molar-refractivity contribution in [2.75, 3.05) is 17.3 Å². The quantitative estimate of drug-likeness (QED) is 0.586. The van der Waals surface area contributed by atoms with Crippen LogP contribution in [-0.4, -0.2) is 39.3 Å². The van der Waals surface area contributed by atoms with Crippen LogP contribution in [0.2, 0.25) is 0 Å². The van der Waals surface area contributed by atoms with Crippen LogP contribution in [0.1, 0.15) is 19.8 Å². The zero-order valence-electron chi connectivity index (χ0n) is 10.9. The number of carbonyl (C=O) groups is 3. The maximum absolute atomic E-state index is 11.5. The van der Waals surface area contributed by atoms with E-state index in [0.29, 0.717) is 18.1 Å². The molecule has 106 valence electrons. The summed E-state index contributed by atoms with van der Waals surface area (Å²) in [6.45, 7) is 1.85. The molecule has 0 N–H and O–H groups in total. The number of amides is 2. The maximum atomic E-state index is 11.5. The number of anilines is 1. The Morgan fingerprint density at radius 2 is 1.90 bits per heavy atom. The zero-order chi connectivity index (χ0) is 14.5. The fourth-order valence-electron chi connectivity index (χ4n) is 1.64. The van der Waals surface area contributed by atoms with Crippen LogP contribution < -0.4 is 9.64 Å². The number of imide groups is 1. The van der Waals surface area contributed by atoms with E-state index in [1.54, 1.807) is 0 Å². The summed E-state index contributed by atoms with van der Waals surface area (Å²) in [7, 11) is 0. The van der Waals surface area contributed by atoms with Crippen LogP contribution in [0.4, 0.5) is 5.95 Å². The van der Waals surface area contributed by atoms with Crippen molar-refractivity contribution < 1.29 is 19.1 Å². The summed E-state index contributed by atoms with van der Waals surface area (Å²) < 4.78 is 5.34. The summed E-state index contributed by atoms with van der Waals surface area (Å²) in [5, 5.41) is 0.0336. The summed E-state index contributed by atoms with van der Waals surface area (Å²) >= 11 is 1.17. The molecule has 1 fully saturated rings. The molecule has 2 amide bonds. The maximum Gasteiger partial charge on any atom is 0.239 e. The molecule has 2 rings (SSSR count). The van der Waals surface area contributed by atoms with E-state index in [0.717, 1.165) is 4.90 Å². The van der Waals surface area contributed by atoms with Crippen molar-refractivity contribution in [3.63, 3.8) is 0 Å². The van der Waals surface area contributed by atoms with E-state index in [1.165, 1.54) is 31.1 Å². The Labute approximate surface area is 119 Å². The van der Waals surface area contributed by atoms with Crippen LogP contribution in [0.25, 0.3) is 0 Å². The predicted octanol–water partition coefficient (Wildman–Crippen LogP) is 0.788. The number of hydrogen-bond donors (Lipinski definition) is 0. The molecule has 20 heavy (non-hydrogen) atoms. The lowest BCUT2D eigenvalue weighted by Crippen LogP contribution is -2.30. The predicted molar refractivity (Wildman–Crippen MR) is 72.4 cm³/mol. The molecule has 1 aliphatic rings. The molecular weight excluding hydrogens is 282 g/mol. The molecule has 0 atom stereocenters. The Morgan fingerprint density at radius 3 is 2.45 bits per heavy atom. The van der Waals surface area contributed by atoms with Gasteiger partial charge in [-0.15, -0.1) is 0 Å². The van der Waals surface area contributed by atoms with E-state index >= 15 is 0 Å². The molecule has 1 aromatic heterocycles. The van der Waals surface area contributed by atoms with Gasteiger partial charge in [0.25, 0.3) is 0 Å². The minimum absolute atomic E-state index is 0.0336. The van der Waals surface area contributed by atoms with Gasteiger partial charge in [-0.2, -0.15) is 0 Å². The van der Waals surface area contributed by atoms with Gasteiger partial charge in [0.15, 0.2) is 10.9 Å². The Balaban J connectivity index is 1.91. The van der Waals surface area contributed by atoms with Gasteiger partial charge in [0.2, 0.25) is 17.8 Å². The number of aromatic nitrogens is 2. The van der Waals surface area contributed by atoms with Crippen LogP contribution in [-0.2, 0) is 14.4 Å². The number of hydrogen-bond acceptors (Lipinski definition) is 7. The zero-order valence-corrected chi connectivity index (χ0v) is 11.7. The number of rotatable bonds is 5. The standard InChI is InChI=1S/C12H13N3O4S/c1-8(16)20-5-4-19-9-6-13-12(14-7-9)15-10(17)2-3-11(15)18/h6-7H,2-5H2,1H3. The van der Waals surface area contributed by atoms with Gasteiger partial charge < -0.3 is 4.74 Å². The van der Waals surface area contributed by atoms with Crippen molar-refractivity contribution in [2.24, 2.45) is 0 Å². The molecule has 0 saturated carbocycles. The fourth-order valence-corrected chi connectivity index (χ4v) is 2.10. The molecule has 0 aliphatic carbocycles. The van der Waals surface area contributed by atoms with Gasteiger partial charge >= 0.3 is 0 Å². The summed E-state index contributed by atoms with van der Waals surface area (Å²) in [5.74, 6) is 0.461. The molecule has 0 bridgehead atoms. The van der Waals surface area contributed by atoms with Crippen LogP contribution in [0.5, 0.6) is 5.75 Å². The van der Waals surface area contributed by atoms with E-state index in [1.807, 2.05) is 0 Å². The average molecular weight is 295 g/mol. The number of nitrogens with zero attached hydrogens (tertiary/aromatic N) is 3. The molecular formula is C12H13N3O4S. The highest BCUT2D eigenvalue weighted by atomic mass is 32.2. The topological polar surface area (TPSA) is 89.5 Å². The van der Waals surface area contributed by atoms with Gasteiger partial charge in [-0.1, -0.05) is 11.8 Å². The van der Waals surface area contributed by atoms with Gasteiger partial charge in [0.05, 0.1) is 19.0 Å². The second kappa shape index (κ2) is 6.47. The van der Waals surface area contributed by atoms with Crippen molar-refractivity contribution in [3.05, 3.63) is 12.4 Å². The average Bonchev–Trinajstić information content (AvgIpc) is 2.75. The van der Waals surface area contributed by atoms with E-state index in [4.69, 9.17) is 4.74 Å². The van der Waals surface area contributed by atoms with E-state index in [9.17, 15) is 14.4 Å². The Morgan fingerprint density at radius 1 is 1.30 bits per heavy atom. The van der Waals surface area contributed by atoms with Crippen molar-refractivity contribution in [1.82, 2.24) is 9.97 Å². The van der Waals surface area contributed by atoms with Gasteiger partial charge in [-0.25, -0.2) is 14.9 Å². The van der Waals surface area contributed by atoms with Crippen LogP contribution in [0.15, 0.2) is 12.4 Å². The third-order valence-electron chi connectivity index (χ3n) is 2.52. The Kier molecular flexibility index (Phi) is 4.67. The monoisotopic (exact) mass is 295 g/mol. The SMILES string of the molecule is CC(=O)SCCOc1cnc(N2C(=O)CCC2=O)nc1. The van der Waals surface area contributed by atoms with Crippen molar-refractivity contribution in [1.29, 1.82) is 0 Å². The van der Waals surface area contributed by atoms with E-state index in [2.05, 4.69) is 9.97 Å². The number of carbonyl (C=O) groups excluding carboxylic acids is 3. The molecule has 1 aromatic rings. The highest BCUT2D eigenvalue weighted by Gasteiger charge is 2.32. The molecule has 2 heterocycles. The van der Waals surface area contributed by atoms with Crippen molar-refractivity contribution in [3.8, 4) is 5.75 Å². The minimum atomic E-state index is -0.290. The minimum Gasteiger partial charge on any atom is -0.489 e. The van der Waals surface area contributed by atoms with Crippen LogP contribution in [0, 0.1) is 0 Å². The van der Waals surface area contributed by atoms with Crippen LogP contribution in [0.3, 0.4) is 0 Å². The van der Waals surface area contributed by atoms with Gasteiger partial charge in [0, 0.05) is 25.5 Å². The second-order valence-corrected chi connectivity index (χ2v) is 5.30. The lowest BCUT2D eigenvalue weighted by Gasteiger charge is -2.11. The second-order valence-electron chi connectivity index (χ2n) is 4.03. The van der Waals surface area contributed by atoms with Gasteiger partial charge in [0.1, 0.15) is 0 Å². The fraction of sp³-hybridized carbons (Fsp3) is 0.417. The molecule has 8 heteroatoms. The lowest BCUT2D eigenvalue weighted by molar-refractivity contribution is -0.121. The first-order valence-electron chi connectivity index (χ1n) is 6.02. The molecule has 0 radical (unpaired) electrons. The summed E-state index contributed by atoms with van der Waals surface area (Å²) in [6, 6.07) is 0. The number of ether oxygens (including phenoxy) is 1. The Hall–Kier alpha value is -1.96.